The van der Waals surface area contributed by atoms with Gasteiger partial charge in [0.05, 0.1) is 30.6 Å². The number of carboxylic acids is 1. The van der Waals surface area contributed by atoms with Crippen LogP contribution in [-0.2, 0) is 37.6 Å². The zero-order chi connectivity index (χ0) is 18.9. The quantitative estimate of drug-likeness (QED) is 0.770. The van der Waals surface area contributed by atoms with E-state index >= 15 is 0 Å². The number of fused-ring (bicyclic) bond motifs is 1. The van der Waals surface area contributed by atoms with E-state index in [0.29, 0.717) is 26.2 Å². The van der Waals surface area contributed by atoms with Crippen LogP contribution in [0.4, 0.5) is 0 Å². The van der Waals surface area contributed by atoms with Gasteiger partial charge in [0.1, 0.15) is 0 Å². The highest BCUT2D eigenvalue weighted by Gasteiger charge is 2.32. The molecule has 26 heavy (non-hydrogen) atoms. The number of nitrogens with one attached hydrogen (secondary N) is 1. The van der Waals surface area contributed by atoms with Gasteiger partial charge in [0.2, 0.25) is 15.9 Å². The molecule has 0 saturated carbocycles. The number of sulfonamides is 1. The molecule has 0 bridgehead atoms. The summed E-state index contributed by atoms with van der Waals surface area (Å²) in [6, 6.07) is 4.75. The Hall–Kier alpha value is -1.97. The minimum atomic E-state index is -3.83. The van der Waals surface area contributed by atoms with E-state index in [1.807, 2.05) is 6.92 Å². The van der Waals surface area contributed by atoms with Crippen molar-refractivity contribution in [1.29, 1.82) is 0 Å². The van der Waals surface area contributed by atoms with E-state index in [2.05, 4.69) is 4.72 Å². The first kappa shape index (κ1) is 18.8. The number of amides is 1. The number of ether oxygens (including phenoxy) is 1. The third-order valence-electron chi connectivity index (χ3n) is 4.78. The molecule has 1 amide bonds. The molecule has 8 nitrogen and oxygen atoms in total. The summed E-state index contributed by atoms with van der Waals surface area (Å²) in [4.78, 5) is 25.1. The van der Waals surface area contributed by atoms with Crippen LogP contribution in [0.15, 0.2) is 23.1 Å². The highest BCUT2D eigenvalue weighted by Crippen LogP contribution is 2.24. The molecule has 142 valence electrons. The maximum absolute atomic E-state index is 12.4. The molecule has 9 heteroatoms. The molecule has 2 atom stereocenters. The zero-order valence-corrected chi connectivity index (χ0v) is 15.3. The van der Waals surface area contributed by atoms with Gasteiger partial charge in [-0.25, -0.2) is 13.1 Å². The molecule has 2 unspecified atom stereocenters. The number of rotatable bonds is 5. The molecule has 2 heterocycles. The summed E-state index contributed by atoms with van der Waals surface area (Å²) in [7, 11) is -3.83. The largest absolute Gasteiger partial charge is 0.481 e. The van der Waals surface area contributed by atoms with Crippen LogP contribution in [0.1, 0.15) is 24.5 Å². The molecule has 0 spiro atoms. The van der Waals surface area contributed by atoms with E-state index in [0.717, 1.165) is 11.1 Å². The number of carbonyl (C=O) groups is 2. The third kappa shape index (κ3) is 4.05. The van der Waals surface area contributed by atoms with E-state index in [-0.39, 0.29) is 17.4 Å². The van der Waals surface area contributed by atoms with Gasteiger partial charge in [0.25, 0.3) is 0 Å². The van der Waals surface area contributed by atoms with Crippen LogP contribution in [0.2, 0.25) is 0 Å². The lowest BCUT2D eigenvalue weighted by atomic mass is 9.90. The second-order valence-electron chi connectivity index (χ2n) is 6.92. The van der Waals surface area contributed by atoms with Gasteiger partial charge < -0.3 is 14.7 Å². The van der Waals surface area contributed by atoms with Gasteiger partial charge in [-0.15, -0.1) is 0 Å². The molecular formula is C17H22N2O6S. The van der Waals surface area contributed by atoms with Crippen LogP contribution in [0.25, 0.3) is 0 Å². The highest BCUT2D eigenvalue weighted by atomic mass is 32.2. The molecule has 0 aromatic heterocycles. The third-order valence-corrected chi connectivity index (χ3v) is 6.18. The first-order valence-electron chi connectivity index (χ1n) is 8.46. The van der Waals surface area contributed by atoms with E-state index in [1.165, 1.54) is 11.0 Å². The second kappa shape index (κ2) is 7.34. The molecule has 1 saturated heterocycles. The summed E-state index contributed by atoms with van der Waals surface area (Å²) in [6.45, 7) is 2.87. The number of aliphatic carboxylic acids is 1. The lowest BCUT2D eigenvalue weighted by molar-refractivity contribution is -0.146. The first-order chi connectivity index (χ1) is 12.3. The minimum Gasteiger partial charge on any atom is -0.481 e. The van der Waals surface area contributed by atoms with Crippen LogP contribution in [0.5, 0.6) is 0 Å². The Morgan fingerprint density at radius 3 is 2.73 bits per heavy atom. The molecular weight excluding hydrogens is 360 g/mol. The Morgan fingerprint density at radius 2 is 2.00 bits per heavy atom. The van der Waals surface area contributed by atoms with Crippen molar-refractivity contribution < 1.29 is 27.9 Å². The molecule has 2 N–H and O–H groups in total. The van der Waals surface area contributed by atoms with Gasteiger partial charge in [-0.1, -0.05) is 13.0 Å². The fourth-order valence-electron chi connectivity index (χ4n) is 3.40. The fraction of sp³-hybridized carbons (Fsp3) is 0.529. The zero-order valence-electron chi connectivity index (χ0n) is 14.5. The van der Waals surface area contributed by atoms with Crippen molar-refractivity contribution in [3.8, 4) is 0 Å². The van der Waals surface area contributed by atoms with Gasteiger partial charge >= 0.3 is 5.97 Å². The SMILES string of the molecule is CC1CC(C(=O)O)CN(C(=O)CNS(=O)(=O)c2ccc3c(c2)COC3)C1. The maximum Gasteiger partial charge on any atom is 0.308 e. The molecule has 2 aliphatic heterocycles. The van der Waals surface area contributed by atoms with Crippen molar-refractivity contribution in [3.05, 3.63) is 29.3 Å². The predicted molar refractivity (Wildman–Crippen MR) is 91.6 cm³/mol. The predicted octanol–water partition coefficient (Wildman–Crippen LogP) is 0.564. The molecule has 1 fully saturated rings. The van der Waals surface area contributed by atoms with E-state index in [1.54, 1.807) is 12.1 Å². The first-order valence-corrected chi connectivity index (χ1v) is 9.94. The number of carboxylic acid groups (broad SMARTS) is 1. The minimum absolute atomic E-state index is 0.0575. The van der Waals surface area contributed by atoms with Crippen LogP contribution >= 0.6 is 0 Å². The Morgan fingerprint density at radius 1 is 1.27 bits per heavy atom. The van der Waals surface area contributed by atoms with E-state index in [4.69, 9.17) is 4.74 Å². The Balaban J connectivity index is 1.64. The summed E-state index contributed by atoms with van der Waals surface area (Å²) >= 11 is 0. The van der Waals surface area contributed by atoms with Crippen LogP contribution in [0.3, 0.4) is 0 Å². The second-order valence-corrected chi connectivity index (χ2v) is 8.69. The molecule has 1 aromatic rings. The van der Waals surface area contributed by atoms with Gasteiger partial charge in [-0.3, -0.25) is 9.59 Å². The van der Waals surface area contributed by atoms with Crippen LogP contribution < -0.4 is 4.72 Å². The lowest BCUT2D eigenvalue weighted by Crippen LogP contribution is -2.48. The van der Waals surface area contributed by atoms with Crippen molar-refractivity contribution in [2.45, 2.75) is 31.5 Å². The van der Waals surface area contributed by atoms with Gasteiger partial charge in [0, 0.05) is 13.1 Å². The van der Waals surface area contributed by atoms with Gasteiger partial charge in [-0.2, -0.15) is 0 Å². The summed E-state index contributed by atoms with van der Waals surface area (Å²) in [6.07, 6.45) is 0.516. The van der Waals surface area contributed by atoms with E-state index < -0.39 is 34.4 Å². The molecule has 3 rings (SSSR count). The van der Waals surface area contributed by atoms with E-state index in [9.17, 15) is 23.1 Å². The van der Waals surface area contributed by atoms with Crippen molar-refractivity contribution >= 4 is 21.9 Å². The number of nitrogens with zero attached hydrogens (tertiary/aromatic N) is 1. The monoisotopic (exact) mass is 382 g/mol. The Labute approximate surface area is 152 Å². The van der Waals surface area contributed by atoms with Crippen molar-refractivity contribution in [2.24, 2.45) is 11.8 Å². The number of hydrogen-bond donors (Lipinski definition) is 2. The maximum atomic E-state index is 12.4. The molecule has 1 aromatic carbocycles. The van der Waals surface area contributed by atoms with Crippen molar-refractivity contribution in [1.82, 2.24) is 9.62 Å². The average molecular weight is 382 g/mol. The van der Waals surface area contributed by atoms with Crippen LogP contribution in [0, 0.1) is 11.8 Å². The van der Waals surface area contributed by atoms with Gasteiger partial charge in [0.15, 0.2) is 0 Å². The fourth-order valence-corrected chi connectivity index (χ4v) is 4.43. The standard InChI is InChI=1S/C17H22N2O6S/c1-11-4-13(17(21)22)8-19(7-11)16(20)6-18-26(23,24)15-3-2-12-9-25-10-14(12)5-15/h2-3,5,11,13,18H,4,6-10H2,1H3,(H,21,22). The van der Waals surface area contributed by atoms with Crippen molar-refractivity contribution in [2.75, 3.05) is 19.6 Å². The number of likely N-dealkylation sites (tertiary alicyclic amines) is 1. The van der Waals surface area contributed by atoms with Gasteiger partial charge in [-0.05, 0) is 35.6 Å². The van der Waals surface area contributed by atoms with Crippen LogP contribution in [-0.4, -0.2) is 49.9 Å². The van der Waals surface area contributed by atoms with Crippen molar-refractivity contribution in [3.63, 3.8) is 0 Å². The Bertz CT molecular complexity index is 823. The number of hydrogen-bond acceptors (Lipinski definition) is 5. The molecule has 0 aliphatic carbocycles. The summed E-state index contributed by atoms with van der Waals surface area (Å²) in [5.74, 6) is -1.91. The normalized spacial score (nSPS) is 22.9. The summed E-state index contributed by atoms with van der Waals surface area (Å²) in [5, 5.41) is 9.18. The number of carbonyl (C=O) groups excluding carboxylic acids is 1. The summed E-state index contributed by atoms with van der Waals surface area (Å²) in [5.41, 5.74) is 1.79. The highest BCUT2D eigenvalue weighted by molar-refractivity contribution is 7.89. The average Bonchev–Trinajstić information content (AvgIpc) is 3.06. The summed E-state index contributed by atoms with van der Waals surface area (Å²) < 4.78 is 32.5. The number of benzene rings is 1. The lowest BCUT2D eigenvalue weighted by Gasteiger charge is -2.34. The number of piperidine rings is 1. The smallest absolute Gasteiger partial charge is 0.308 e. The molecule has 2 aliphatic rings. The molecule has 0 radical (unpaired) electrons. The topological polar surface area (TPSA) is 113 Å². The Kier molecular flexibility index (Phi) is 5.31.